The molecule has 2 aromatic carbocycles. The van der Waals surface area contributed by atoms with Gasteiger partial charge in [0.15, 0.2) is 0 Å². The van der Waals surface area contributed by atoms with Crippen LogP contribution in [0.15, 0.2) is 78.2 Å². The highest BCUT2D eigenvalue weighted by atomic mass is 32.2. The minimum absolute atomic E-state index is 0.0259. The Morgan fingerprint density at radius 3 is 2.54 bits per heavy atom. The van der Waals surface area contributed by atoms with Crippen molar-refractivity contribution < 1.29 is 13.2 Å². The molecule has 1 aliphatic rings. The van der Waals surface area contributed by atoms with Crippen LogP contribution in [-0.2, 0) is 28.9 Å². The first-order valence-electron chi connectivity index (χ1n) is 12.7. The smallest absolute Gasteiger partial charge is 0.264 e. The van der Waals surface area contributed by atoms with Crippen LogP contribution in [0.5, 0.6) is 5.88 Å². The average molecular weight is 544 g/mol. The fraction of sp³-hybridized carbons (Fsp3) is 0.286. The third kappa shape index (κ3) is 4.47. The Kier molecular flexibility index (Phi) is 6.19. The summed E-state index contributed by atoms with van der Waals surface area (Å²) in [6, 6.07) is 18.3. The highest BCUT2D eigenvalue weighted by Gasteiger charge is 2.45. The molecule has 39 heavy (non-hydrogen) atoms. The van der Waals surface area contributed by atoms with Gasteiger partial charge >= 0.3 is 0 Å². The highest BCUT2D eigenvalue weighted by molar-refractivity contribution is 7.89. The summed E-state index contributed by atoms with van der Waals surface area (Å²) in [6.07, 6.45) is 6.29. The van der Waals surface area contributed by atoms with Gasteiger partial charge in [-0.2, -0.15) is 19.3 Å². The van der Waals surface area contributed by atoms with E-state index >= 15 is 0 Å². The van der Waals surface area contributed by atoms with Gasteiger partial charge in [-0.05, 0) is 54.7 Å². The first kappa shape index (κ1) is 25.2. The second-order valence-corrected chi connectivity index (χ2v) is 11.9. The lowest BCUT2D eigenvalue weighted by Crippen LogP contribution is -2.36. The van der Waals surface area contributed by atoms with Crippen LogP contribution >= 0.6 is 0 Å². The molecule has 10 nitrogen and oxygen atoms in total. The molecule has 0 saturated carbocycles. The van der Waals surface area contributed by atoms with E-state index in [9.17, 15) is 8.42 Å². The van der Waals surface area contributed by atoms with Gasteiger partial charge in [0.05, 0.1) is 36.9 Å². The molecule has 1 fully saturated rings. The summed E-state index contributed by atoms with van der Waals surface area (Å²) in [5.41, 5.74) is 4.75. The number of methoxy groups -OCH3 is 1. The van der Waals surface area contributed by atoms with Crippen molar-refractivity contribution in [2.24, 2.45) is 7.05 Å². The largest absolute Gasteiger partial charge is 0.481 e. The topological polar surface area (TPSA) is 108 Å². The second kappa shape index (κ2) is 9.58. The first-order valence-corrected chi connectivity index (χ1v) is 14.1. The lowest BCUT2D eigenvalue weighted by atomic mass is 9.73. The Morgan fingerprint density at radius 2 is 1.85 bits per heavy atom. The van der Waals surface area contributed by atoms with Crippen LogP contribution in [0.25, 0.3) is 16.6 Å². The molecule has 1 saturated heterocycles. The maximum Gasteiger partial charge on any atom is 0.264 e. The van der Waals surface area contributed by atoms with E-state index in [1.165, 1.54) is 11.0 Å². The van der Waals surface area contributed by atoms with Crippen molar-refractivity contribution in [1.82, 2.24) is 34.1 Å². The van der Waals surface area contributed by atoms with E-state index in [4.69, 9.17) is 4.74 Å². The van der Waals surface area contributed by atoms with Crippen molar-refractivity contribution in [2.45, 2.75) is 30.2 Å². The van der Waals surface area contributed by atoms with Gasteiger partial charge in [-0.25, -0.2) is 18.1 Å². The Labute approximate surface area is 226 Å². The monoisotopic (exact) mass is 543 g/mol. The van der Waals surface area contributed by atoms with Crippen molar-refractivity contribution >= 4 is 20.9 Å². The average Bonchev–Trinajstić information content (AvgIpc) is 3.68. The SMILES string of the molecule is COc1ccc(-n2ncc3cc(C4(Cc5ccccc5)CCN(S(=O)(=O)c5cnn(C)n5)C4)c(C)cc32)cn1. The van der Waals surface area contributed by atoms with Gasteiger partial charge in [-0.15, -0.1) is 5.10 Å². The third-order valence-corrected chi connectivity index (χ3v) is 9.25. The van der Waals surface area contributed by atoms with Crippen LogP contribution in [0.1, 0.15) is 23.1 Å². The first-order chi connectivity index (χ1) is 18.8. The molecule has 6 rings (SSSR count). The van der Waals surface area contributed by atoms with Crippen molar-refractivity contribution in [1.29, 1.82) is 0 Å². The van der Waals surface area contributed by atoms with Gasteiger partial charge in [-0.1, -0.05) is 30.3 Å². The second-order valence-electron chi connectivity index (χ2n) is 10.0. The predicted molar refractivity (Wildman–Crippen MR) is 146 cm³/mol. The number of hydrogen-bond donors (Lipinski definition) is 0. The zero-order chi connectivity index (χ0) is 27.2. The number of pyridine rings is 1. The van der Waals surface area contributed by atoms with E-state index in [0.717, 1.165) is 33.3 Å². The van der Waals surface area contributed by atoms with Crippen molar-refractivity contribution in [3.63, 3.8) is 0 Å². The summed E-state index contributed by atoms with van der Waals surface area (Å²) in [7, 11) is -0.575. The maximum atomic E-state index is 13.5. The molecule has 0 bridgehead atoms. The van der Waals surface area contributed by atoms with E-state index in [1.807, 2.05) is 41.2 Å². The molecule has 5 aromatic rings. The molecular formula is C28H29N7O3S. The molecule has 1 unspecified atom stereocenters. The van der Waals surface area contributed by atoms with Gasteiger partial charge in [0.2, 0.25) is 10.9 Å². The normalized spacial score (nSPS) is 18.1. The Hall–Kier alpha value is -4.09. The van der Waals surface area contributed by atoms with E-state index in [0.29, 0.717) is 31.8 Å². The van der Waals surface area contributed by atoms with Crippen LogP contribution in [0.2, 0.25) is 0 Å². The number of aryl methyl sites for hydroxylation is 2. The summed E-state index contributed by atoms with van der Waals surface area (Å²) in [4.78, 5) is 5.59. The summed E-state index contributed by atoms with van der Waals surface area (Å²) in [6.45, 7) is 2.84. The molecular weight excluding hydrogens is 514 g/mol. The quantitative estimate of drug-likeness (QED) is 0.309. The summed E-state index contributed by atoms with van der Waals surface area (Å²) < 4.78 is 35.6. The minimum Gasteiger partial charge on any atom is -0.481 e. The number of hydrogen-bond acceptors (Lipinski definition) is 7. The molecule has 0 radical (unpaired) electrons. The highest BCUT2D eigenvalue weighted by Crippen LogP contribution is 2.42. The number of aromatic nitrogens is 6. The molecule has 0 N–H and O–H groups in total. The van der Waals surface area contributed by atoms with E-state index in [-0.39, 0.29) is 5.03 Å². The van der Waals surface area contributed by atoms with Gasteiger partial charge in [0.25, 0.3) is 10.0 Å². The van der Waals surface area contributed by atoms with Crippen molar-refractivity contribution in [2.75, 3.05) is 20.2 Å². The van der Waals surface area contributed by atoms with Gasteiger partial charge < -0.3 is 4.74 Å². The fourth-order valence-corrected chi connectivity index (χ4v) is 7.05. The molecule has 0 spiro atoms. The predicted octanol–water partition coefficient (Wildman–Crippen LogP) is 3.44. The number of nitrogens with zero attached hydrogens (tertiary/aromatic N) is 7. The lowest BCUT2D eigenvalue weighted by molar-refractivity contribution is 0.397. The number of fused-ring (bicyclic) bond motifs is 1. The summed E-state index contributed by atoms with van der Waals surface area (Å²) in [5, 5.41) is 13.7. The lowest BCUT2D eigenvalue weighted by Gasteiger charge is -2.32. The fourth-order valence-electron chi connectivity index (χ4n) is 5.64. The van der Waals surface area contributed by atoms with Crippen molar-refractivity contribution in [3.05, 3.63) is 89.9 Å². The zero-order valence-electron chi connectivity index (χ0n) is 22.0. The summed E-state index contributed by atoms with van der Waals surface area (Å²) in [5.74, 6) is 0.541. The van der Waals surface area contributed by atoms with Gasteiger partial charge in [0, 0.05) is 37.0 Å². The standard InChI is InChI=1S/C28H29N7O3S/c1-20-13-25-22(16-31-35(25)23-9-10-26(38-3)29-17-23)14-24(20)28(15-21-7-5-4-6-8-21)11-12-34(19-28)39(36,37)27-18-30-33(2)32-27/h4-10,13-14,16-18H,11-12,15,19H2,1-3H3. The molecule has 1 aliphatic heterocycles. The molecule has 3 aromatic heterocycles. The number of benzene rings is 2. The Morgan fingerprint density at radius 1 is 1.03 bits per heavy atom. The van der Waals surface area contributed by atoms with E-state index in [1.54, 1.807) is 24.7 Å². The van der Waals surface area contributed by atoms with E-state index in [2.05, 4.69) is 51.5 Å². The molecule has 0 aliphatic carbocycles. The zero-order valence-corrected chi connectivity index (χ0v) is 22.8. The molecule has 200 valence electrons. The Balaban J connectivity index is 1.42. The third-order valence-electron chi connectivity index (χ3n) is 7.55. The molecule has 1 atom stereocenters. The number of ether oxygens (including phenoxy) is 1. The maximum absolute atomic E-state index is 13.5. The molecule has 4 heterocycles. The minimum atomic E-state index is -3.78. The van der Waals surface area contributed by atoms with Crippen LogP contribution < -0.4 is 4.74 Å². The van der Waals surface area contributed by atoms with Gasteiger partial charge in [0.1, 0.15) is 0 Å². The van der Waals surface area contributed by atoms with Crippen LogP contribution in [0, 0.1) is 6.92 Å². The summed E-state index contributed by atoms with van der Waals surface area (Å²) >= 11 is 0. The van der Waals surface area contributed by atoms with Crippen LogP contribution in [0.4, 0.5) is 0 Å². The Bertz CT molecular complexity index is 1750. The number of sulfonamides is 1. The molecule has 0 amide bonds. The van der Waals surface area contributed by atoms with E-state index < -0.39 is 15.4 Å². The van der Waals surface area contributed by atoms with Gasteiger partial charge in [-0.3, -0.25) is 0 Å². The van der Waals surface area contributed by atoms with Crippen molar-refractivity contribution in [3.8, 4) is 11.6 Å². The van der Waals surface area contributed by atoms with Crippen LogP contribution in [-0.4, -0.2) is 62.7 Å². The number of rotatable bonds is 7. The molecule has 11 heteroatoms. The van der Waals surface area contributed by atoms with Crippen LogP contribution in [0.3, 0.4) is 0 Å².